The van der Waals surface area contributed by atoms with E-state index in [2.05, 4.69) is 36.4 Å². The third kappa shape index (κ3) is 2.09. The van der Waals surface area contributed by atoms with Crippen LogP contribution < -0.4 is 4.74 Å². The quantitative estimate of drug-likeness (QED) is 0.766. The van der Waals surface area contributed by atoms with Crippen LogP contribution in [0, 0.1) is 0 Å². The van der Waals surface area contributed by atoms with Gasteiger partial charge in [-0.05, 0) is 23.6 Å². The van der Waals surface area contributed by atoms with Crippen molar-refractivity contribution in [1.82, 2.24) is 0 Å². The third-order valence-corrected chi connectivity index (χ3v) is 3.02. The van der Waals surface area contributed by atoms with Crippen molar-refractivity contribution in [2.75, 3.05) is 0 Å². The van der Waals surface area contributed by atoms with Gasteiger partial charge in [0.2, 0.25) is 0 Å². The van der Waals surface area contributed by atoms with Gasteiger partial charge in [0.05, 0.1) is 0 Å². The van der Waals surface area contributed by atoms with Crippen LogP contribution in [0.25, 0.3) is 6.08 Å². The molecule has 0 spiro atoms. The van der Waals surface area contributed by atoms with Crippen LogP contribution >= 0.6 is 0 Å². The van der Waals surface area contributed by atoms with Gasteiger partial charge in [0.25, 0.3) is 0 Å². The molecule has 1 aliphatic carbocycles. The van der Waals surface area contributed by atoms with Crippen LogP contribution in [0.15, 0.2) is 54.6 Å². The van der Waals surface area contributed by atoms with Gasteiger partial charge in [-0.3, -0.25) is 0 Å². The summed E-state index contributed by atoms with van der Waals surface area (Å²) in [6.45, 7) is 0.630. The van der Waals surface area contributed by atoms with Gasteiger partial charge >= 0.3 is 0 Å². The van der Waals surface area contributed by atoms with Crippen molar-refractivity contribution >= 4 is 6.08 Å². The molecule has 0 amide bonds. The molecule has 0 fully saturated rings. The Morgan fingerprint density at radius 1 is 0.941 bits per heavy atom. The Kier molecular flexibility index (Phi) is 2.66. The number of rotatable bonds is 3. The Hall–Kier alpha value is -2.02. The van der Waals surface area contributed by atoms with Gasteiger partial charge in [0.1, 0.15) is 12.4 Å². The van der Waals surface area contributed by atoms with Crippen LogP contribution in [0.5, 0.6) is 5.75 Å². The second-order valence-electron chi connectivity index (χ2n) is 4.21. The molecule has 0 radical (unpaired) electrons. The molecule has 0 saturated carbocycles. The van der Waals surface area contributed by atoms with Crippen molar-refractivity contribution in [1.29, 1.82) is 0 Å². The Balaban J connectivity index is 1.78. The second-order valence-corrected chi connectivity index (χ2v) is 4.21. The average Bonchev–Trinajstić information content (AvgIpc) is 2.86. The van der Waals surface area contributed by atoms with E-state index in [1.165, 1.54) is 16.7 Å². The molecule has 0 heterocycles. The molecule has 84 valence electrons. The predicted octanol–water partition coefficient (Wildman–Crippen LogP) is 3.83. The molecule has 0 aliphatic heterocycles. The zero-order chi connectivity index (χ0) is 11.5. The van der Waals surface area contributed by atoms with E-state index >= 15 is 0 Å². The SMILES string of the molecule is C1=Cc2c(cccc2OCc2ccccc2)C1. The first-order valence-corrected chi connectivity index (χ1v) is 5.88. The van der Waals surface area contributed by atoms with Gasteiger partial charge in [-0.15, -0.1) is 0 Å². The smallest absolute Gasteiger partial charge is 0.127 e. The summed E-state index contributed by atoms with van der Waals surface area (Å²) in [4.78, 5) is 0. The molecule has 0 bridgehead atoms. The van der Waals surface area contributed by atoms with Gasteiger partial charge in [-0.2, -0.15) is 0 Å². The summed E-state index contributed by atoms with van der Waals surface area (Å²) in [5.74, 6) is 0.986. The summed E-state index contributed by atoms with van der Waals surface area (Å²) in [5.41, 5.74) is 3.80. The van der Waals surface area contributed by atoms with Gasteiger partial charge in [-0.25, -0.2) is 0 Å². The molecule has 0 N–H and O–H groups in total. The Labute approximate surface area is 101 Å². The lowest BCUT2D eigenvalue weighted by atomic mass is 10.1. The van der Waals surface area contributed by atoms with Gasteiger partial charge in [-0.1, -0.05) is 54.6 Å². The highest BCUT2D eigenvalue weighted by atomic mass is 16.5. The number of fused-ring (bicyclic) bond motifs is 1. The van der Waals surface area contributed by atoms with Crippen LogP contribution in [0.4, 0.5) is 0 Å². The van der Waals surface area contributed by atoms with E-state index in [-0.39, 0.29) is 0 Å². The van der Waals surface area contributed by atoms with Crippen molar-refractivity contribution in [2.45, 2.75) is 13.0 Å². The predicted molar refractivity (Wildman–Crippen MR) is 70.0 cm³/mol. The highest BCUT2D eigenvalue weighted by Crippen LogP contribution is 2.29. The lowest BCUT2D eigenvalue weighted by molar-refractivity contribution is 0.305. The summed E-state index contributed by atoms with van der Waals surface area (Å²) in [7, 11) is 0. The minimum atomic E-state index is 0.630. The fourth-order valence-electron chi connectivity index (χ4n) is 2.12. The topological polar surface area (TPSA) is 9.23 Å². The lowest BCUT2D eigenvalue weighted by Crippen LogP contribution is -1.97. The molecule has 2 aromatic rings. The molecular formula is C16H14O. The number of hydrogen-bond acceptors (Lipinski definition) is 1. The van der Waals surface area contributed by atoms with Crippen molar-refractivity contribution in [2.24, 2.45) is 0 Å². The maximum atomic E-state index is 5.88. The standard InChI is InChI=1S/C16H14O/c1-2-6-13(7-3-1)12-17-16-11-5-9-14-8-4-10-15(14)16/h1-7,9-11H,8,12H2. The Morgan fingerprint density at radius 3 is 2.71 bits per heavy atom. The Bertz CT molecular complexity index is 541. The molecule has 1 nitrogen and oxygen atoms in total. The maximum absolute atomic E-state index is 5.88. The normalized spacial score (nSPS) is 12.5. The van der Waals surface area contributed by atoms with Crippen LogP contribution in [0.1, 0.15) is 16.7 Å². The van der Waals surface area contributed by atoms with E-state index < -0.39 is 0 Å². The van der Waals surface area contributed by atoms with Gasteiger partial charge in [0, 0.05) is 5.56 Å². The van der Waals surface area contributed by atoms with Gasteiger partial charge in [0.15, 0.2) is 0 Å². The van der Waals surface area contributed by atoms with Crippen molar-refractivity contribution in [3.05, 3.63) is 71.3 Å². The molecule has 0 aromatic heterocycles. The second kappa shape index (κ2) is 4.46. The number of allylic oxidation sites excluding steroid dienone is 1. The van der Waals surface area contributed by atoms with Crippen LogP contribution in [-0.4, -0.2) is 0 Å². The first-order chi connectivity index (χ1) is 8.43. The van der Waals surface area contributed by atoms with E-state index in [1.54, 1.807) is 0 Å². The summed E-state index contributed by atoms with van der Waals surface area (Å²) in [5, 5.41) is 0. The monoisotopic (exact) mass is 222 g/mol. The van der Waals surface area contributed by atoms with Crippen molar-refractivity contribution in [3.8, 4) is 5.75 Å². The molecule has 1 aliphatic rings. The van der Waals surface area contributed by atoms with E-state index in [9.17, 15) is 0 Å². The average molecular weight is 222 g/mol. The van der Waals surface area contributed by atoms with Crippen molar-refractivity contribution in [3.63, 3.8) is 0 Å². The number of hydrogen-bond donors (Lipinski definition) is 0. The van der Waals surface area contributed by atoms with E-state index in [0.717, 1.165) is 12.2 Å². The Morgan fingerprint density at radius 2 is 1.82 bits per heavy atom. The van der Waals surface area contributed by atoms with Crippen LogP contribution in [0.2, 0.25) is 0 Å². The molecule has 0 saturated heterocycles. The first kappa shape index (κ1) is 10.2. The summed E-state index contributed by atoms with van der Waals surface area (Å²) in [6, 6.07) is 16.5. The van der Waals surface area contributed by atoms with E-state index in [0.29, 0.717) is 6.61 Å². The molecule has 3 rings (SSSR count). The molecule has 17 heavy (non-hydrogen) atoms. The zero-order valence-electron chi connectivity index (χ0n) is 9.60. The first-order valence-electron chi connectivity index (χ1n) is 5.88. The van der Waals surface area contributed by atoms with E-state index in [4.69, 9.17) is 4.74 Å². The fourth-order valence-corrected chi connectivity index (χ4v) is 2.12. The largest absolute Gasteiger partial charge is 0.488 e. The summed E-state index contributed by atoms with van der Waals surface area (Å²) < 4.78 is 5.88. The molecular weight excluding hydrogens is 208 g/mol. The van der Waals surface area contributed by atoms with Crippen LogP contribution in [-0.2, 0) is 13.0 Å². The van der Waals surface area contributed by atoms with Crippen LogP contribution in [0.3, 0.4) is 0 Å². The lowest BCUT2D eigenvalue weighted by Gasteiger charge is -2.10. The van der Waals surface area contributed by atoms with Gasteiger partial charge < -0.3 is 4.74 Å². The molecule has 0 unspecified atom stereocenters. The highest BCUT2D eigenvalue weighted by molar-refractivity contribution is 5.66. The summed E-state index contributed by atoms with van der Waals surface area (Å²) in [6.07, 6.45) is 5.35. The maximum Gasteiger partial charge on any atom is 0.127 e. The number of ether oxygens (including phenoxy) is 1. The number of benzene rings is 2. The highest BCUT2D eigenvalue weighted by Gasteiger charge is 2.10. The molecule has 0 atom stereocenters. The zero-order valence-corrected chi connectivity index (χ0v) is 9.60. The minimum absolute atomic E-state index is 0.630. The van der Waals surface area contributed by atoms with Crippen molar-refractivity contribution < 1.29 is 4.74 Å². The molecule has 1 heteroatoms. The fraction of sp³-hybridized carbons (Fsp3) is 0.125. The third-order valence-electron chi connectivity index (χ3n) is 3.02. The minimum Gasteiger partial charge on any atom is -0.488 e. The molecule has 2 aromatic carbocycles. The summed E-state index contributed by atoms with van der Waals surface area (Å²) >= 11 is 0. The van der Waals surface area contributed by atoms with E-state index in [1.807, 2.05) is 24.3 Å².